The Labute approximate surface area is 264 Å². The van der Waals surface area contributed by atoms with Crippen LogP contribution in [0.4, 0.5) is 10.5 Å². The Bertz CT molecular complexity index is 1400. The second-order valence-corrected chi connectivity index (χ2v) is 11.8. The number of carbonyl (C=O) groups is 2. The van der Waals surface area contributed by atoms with Crippen LogP contribution in [0.25, 0.3) is 0 Å². The number of nitrogens with zero attached hydrogens (tertiary/aromatic N) is 1. The number of aliphatic hydroxyl groups excluding tert-OH is 2. The Hall–Kier alpha value is -3.80. The van der Waals surface area contributed by atoms with Crippen LogP contribution in [0.3, 0.4) is 0 Å². The number of ether oxygens (including phenoxy) is 3. The molecule has 2 saturated heterocycles. The third kappa shape index (κ3) is 8.27. The van der Waals surface area contributed by atoms with Gasteiger partial charge < -0.3 is 35.1 Å². The monoisotopic (exact) mass is 617 g/mol. The van der Waals surface area contributed by atoms with Gasteiger partial charge in [-0.15, -0.1) is 0 Å². The fraction of sp³-hybridized carbons (Fsp3) is 0.429. The van der Waals surface area contributed by atoms with Gasteiger partial charge >= 0.3 is 12.0 Å². The molecule has 240 valence electrons. The molecule has 3 aromatic rings. The lowest BCUT2D eigenvalue weighted by atomic mass is 9.90. The summed E-state index contributed by atoms with van der Waals surface area (Å²) in [6.45, 7) is 3.77. The number of rotatable bonds is 11. The standard InChI is InChI=1S/C35H43N3O7/c1-23-31(20-38-17-7-12-29(38)22-40)44-34(45-32(23)26-15-13-25(21-39)14-16-26)27-10-6-11-28(19-27)36-35(42)37-30(33(41)43-2)18-24-8-4-3-5-9-24/h3-6,8-11,13-16,19,23,29-32,34,39-40H,7,12,17-18,20-22H2,1-2H3,(H2,36,37,42)/t23-,29+,30+,31+,32+,34+/m1/s1. The molecule has 0 bridgehead atoms. The lowest BCUT2D eigenvalue weighted by Gasteiger charge is -2.43. The molecule has 2 aliphatic heterocycles. The van der Waals surface area contributed by atoms with Gasteiger partial charge in [-0.3, -0.25) is 4.90 Å². The Morgan fingerprint density at radius 2 is 1.76 bits per heavy atom. The average molecular weight is 618 g/mol. The molecule has 10 nitrogen and oxygen atoms in total. The fourth-order valence-corrected chi connectivity index (χ4v) is 6.18. The van der Waals surface area contributed by atoms with E-state index in [1.165, 1.54) is 7.11 Å². The summed E-state index contributed by atoms with van der Waals surface area (Å²) in [5.41, 5.74) is 3.95. The van der Waals surface area contributed by atoms with E-state index in [9.17, 15) is 19.8 Å². The van der Waals surface area contributed by atoms with Gasteiger partial charge in [0.1, 0.15) is 6.04 Å². The molecular formula is C35H43N3O7. The van der Waals surface area contributed by atoms with Gasteiger partial charge in [-0.05, 0) is 48.2 Å². The van der Waals surface area contributed by atoms with E-state index in [1.807, 2.05) is 66.7 Å². The largest absolute Gasteiger partial charge is 0.467 e. The van der Waals surface area contributed by atoms with E-state index in [0.717, 1.165) is 41.6 Å². The third-order valence-electron chi connectivity index (χ3n) is 8.74. The van der Waals surface area contributed by atoms with E-state index in [-0.39, 0.29) is 37.4 Å². The number of hydrogen-bond acceptors (Lipinski definition) is 8. The molecule has 0 spiro atoms. The lowest BCUT2D eigenvalue weighted by Crippen LogP contribution is -2.46. The normalized spacial score (nSPS) is 24.1. The summed E-state index contributed by atoms with van der Waals surface area (Å²) in [4.78, 5) is 27.8. The van der Waals surface area contributed by atoms with E-state index in [4.69, 9.17) is 14.2 Å². The van der Waals surface area contributed by atoms with Crippen LogP contribution in [0.2, 0.25) is 0 Å². The Morgan fingerprint density at radius 3 is 2.47 bits per heavy atom. The van der Waals surface area contributed by atoms with Gasteiger partial charge in [0.25, 0.3) is 0 Å². The number of nitrogens with one attached hydrogen (secondary N) is 2. The minimum absolute atomic E-state index is 0.00752. The van der Waals surface area contributed by atoms with E-state index >= 15 is 0 Å². The van der Waals surface area contributed by atoms with Gasteiger partial charge in [0, 0.05) is 36.2 Å². The number of hydrogen-bond donors (Lipinski definition) is 4. The number of likely N-dealkylation sites (tertiary alicyclic amines) is 1. The van der Waals surface area contributed by atoms with Crippen molar-refractivity contribution in [1.82, 2.24) is 10.2 Å². The molecule has 0 saturated carbocycles. The van der Waals surface area contributed by atoms with Crippen molar-refractivity contribution < 1.29 is 34.0 Å². The van der Waals surface area contributed by atoms with E-state index in [0.29, 0.717) is 18.7 Å². The maximum atomic E-state index is 13.0. The van der Waals surface area contributed by atoms with E-state index in [1.54, 1.807) is 12.1 Å². The minimum Gasteiger partial charge on any atom is -0.467 e. The van der Waals surface area contributed by atoms with Gasteiger partial charge in [0.2, 0.25) is 0 Å². The highest BCUT2D eigenvalue weighted by atomic mass is 16.7. The molecule has 0 radical (unpaired) electrons. The topological polar surface area (TPSA) is 130 Å². The van der Waals surface area contributed by atoms with E-state index in [2.05, 4.69) is 22.5 Å². The molecule has 2 fully saturated rings. The molecule has 45 heavy (non-hydrogen) atoms. The van der Waals surface area contributed by atoms with Gasteiger partial charge in [-0.25, -0.2) is 9.59 Å². The zero-order valence-corrected chi connectivity index (χ0v) is 25.8. The number of aliphatic hydroxyl groups is 2. The highest BCUT2D eigenvalue weighted by Crippen LogP contribution is 2.42. The maximum Gasteiger partial charge on any atom is 0.328 e. The number of esters is 1. The van der Waals surface area contributed by atoms with Crippen molar-refractivity contribution in [3.63, 3.8) is 0 Å². The molecule has 2 amide bonds. The first-order valence-electron chi connectivity index (χ1n) is 15.5. The Morgan fingerprint density at radius 1 is 0.978 bits per heavy atom. The van der Waals surface area contributed by atoms with Crippen LogP contribution >= 0.6 is 0 Å². The van der Waals surface area contributed by atoms with Crippen LogP contribution in [0.1, 0.15) is 54.4 Å². The van der Waals surface area contributed by atoms with Crippen molar-refractivity contribution >= 4 is 17.7 Å². The Balaban J connectivity index is 1.33. The number of anilines is 1. The predicted octanol–water partition coefficient (Wildman–Crippen LogP) is 4.33. The molecule has 6 atom stereocenters. The Kier molecular flexibility index (Phi) is 11.2. The molecule has 0 aromatic heterocycles. The first-order valence-corrected chi connectivity index (χ1v) is 15.5. The van der Waals surface area contributed by atoms with Crippen LogP contribution in [0.15, 0.2) is 78.9 Å². The SMILES string of the molecule is COC(=O)[C@H](Cc1ccccc1)NC(=O)Nc1cccc([C@H]2O[C@@H](CN3CCC[C@H]3CO)[C@@H](C)[C@@H](c3ccc(CO)cc3)O2)c1. The van der Waals surface area contributed by atoms with Crippen LogP contribution in [-0.4, -0.2) is 72.1 Å². The number of urea groups is 1. The lowest BCUT2D eigenvalue weighted by molar-refractivity contribution is -0.276. The number of carbonyl (C=O) groups excluding carboxylic acids is 2. The minimum atomic E-state index is -0.862. The van der Waals surface area contributed by atoms with Crippen molar-refractivity contribution in [2.75, 3.05) is 32.1 Å². The second kappa shape index (κ2) is 15.5. The molecule has 5 rings (SSSR count). The first-order chi connectivity index (χ1) is 21.9. The summed E-state index contributed by atoms with van der Waals surface area (Å²) in [5.74, 6) is -0.528. The molecule has 2 aliphatic rings. The summed E-state index contributed by atoms with van der Waals surface area (Å²) < 4.78 is 18.1. The summed E-state index contributed by atoms with van der Waals surface area (Å²) in [7, 11) is 1.30. The van der Waals surface area contributed by atoms with Crippen LogP contribution < -0.4 is 10.6 Å². The van der Waals surface area contributed by atoms with Crippen molar-refractivity contribution in [3.8, 4) is 0 Å². The molecule has 10 heteroatoms. The van der Waals surface area contributed by atoms with Gasteiger partial charge in [-0.2, -0.15) is 0 Å². The smallest absolute Gasteiger partial charge is 0.328 e. The molecule has 2 heterocycles. The van der Waals surface area contributed by atoms with Crippen LogP contribution in [-0.2, 0) is 32.0 Å². The van der Waals surface area contributed by atoms with Crippen LogP contribution in [0.5, 0.6) is 0 Å². The van der Waals surface area contributed by atoms with Crippen molar-refractivity contribution in [2.45, 2.75) is 63.4 Å². The zero-order chi connectivity index (χ0) is 31.8. The highest BCUT2D eigenvalue weighted by Gasteiger charge is 2.40. The first kappa shape index (κ1) is 32.6. The summed E-state index contributed by atoms with van der Waals surface area (Å²) in [5, 5.41) is 25.0. The number of benzene rings is 3. The van der Waals surface area contributed by atoms with Gasteiger partial charge in [0.15, 0.2) is 6.29 Å². The maximum absolute atomic E-state index is 13.0. The molecule has 3 aromatic carbocycles. The highest BCUT2D eigenvalue weighted by molar-refractivity contribution is 5.92. The number of methoxy groups -OCH3 is 1. The van der Waals surface area contributed by atoms with Gasteiger partial charge in [0.05, 0.1) is 32.5 Å². The molecule has 0 aliphatic carbocycles. The quantitative estimate of drug-likeness (QED) is 0.234. The van der Waals surface area contributed by atoms with E-state index < -0.39 is 24.3 Å². The second-order valence-electron chi connectivity index (χ2n) is 11.8. The summed E-state index contributed by atoms with van der Waals surface area (Å²) in [6, 6.07) is 23.2. The zero-order valence-electron chi connectivity index (χ0n) is 25.8. The van der Waals surface area contributed by atoms with Crippen molar-refractivity contribution in [3.05, 3.63) is 101 Å². The molecular weight excluding hydrogens is 574 g/mol. The predicted molar refractivity (Wildman–Crippen MR) is 169 cm³/mol. The average Bonchev–Trinajstić information content (AvgIpc) is 3.52. The fourth-order valence-electron chi connectivity index (χ4n) is 6.18. The summed E-state index contributed by atoms with van der Waals surface area (Å²) >= 11 is 0. The summed E-state index contributed by atoms with van der Waals surface area (Å²) in [6.07, 6.45) is 1.11. The molecule has 4 N–H and O–H groups in total. The van der Waals surface area contributed by atoms with Crippen molar-refractivity contribution in [2.24, 2.45) is 5.92 Å². The third-order valence-corrected chi connectivity index (χ3v) is 8.74. The van der Waals surface area contributed by atoms with Gasteiger partial charge in [-0.1, -0.05) is 73.7 Å². The van der Waals surface area contributed by atoms with Crippen LogP contribution in [0, 0.1) is 5.92 Å². The van der Waals surface area contributed by atoms with Crippen molar-refractivity contribution in [1.29, 1.82) is 0 Å². The number of amides is 2. The molecule has 0 unspecified atom stereocenters.